The fourth-order valence-electron chi connectivity index (χ4n) is 1.29. The Balaban J connectivity index is 2.65. The molecule has 0 aromatic carbocycles. The van der Waals surface area contributed by atoms with Crippen LogP contribution in [0.4, 0.5) is 0 Å². The molecule has 1 aliphatic rings. The summed E-state index contributed by atoms with van der Waals surface area (Å²) >= 11 is 0. The van der Waals surface area contributed by atoms with Crippen molar-refractivity contribution in [1.82, 2.24) is 0 Å². The highest BCUT2D eigenvalue weighted by Crippen LogP contribution is 2.27. The lowest BCUT2D eigenvalue weighted by Gasteiger charge is -2.08. The van der Waals surface area contributed by atoms with E-state index < -0.39 is 0 Å². The molecule has 0 saturated heterocycles. The van der Waals surface area contributed by atoms with Crippen LogP contribution >= 0.6 is 0 Å². The molecule has 0 aromatic rings. The largest absolute Gasteiger partial charge is 0.493 e. The van der Waals surface area contributed by atoms with Gasteiger partial charge in [0.1, 0.15) is 11.9 Å². The van der Waals surface area contributed by atoms with Crippen molar-refractivity contribution in [3.05, 3.63) is 11.3 Å². The Morgan fingerprint density at radius 3 is 2.73 bits per heavy atom. The summed E-state index contributed by atoms with van der Waals surface area (Å²) in [6.07, 6.45) is 2.92. The van der Waals surface area contributed by atoms with Gasteiger partial charge in [-0.2, -0.15) is 5.26 Å². The number of hydrogen-bond donors (Lipinski definition) is 0. The molecule has 2 heteroatoms. The average Bonchev–Trinajstić information content (AvgIpc) is 2.46. The summed E-state index contributed by atoms with van der Waals surface area (Å²) in [5, 5.41) is 8.69. The van der Waals surface area contributed by atoms with E-state index in [1.165, 1.54) is 0 Å². The van der Waals surface area contributed by atoms with E-state index in [2.05, 4.69) is 13.0 Å². The van der Waals surface area contributed by atoms with Gasteiger partial charge in [-0.1, -0.05) is 13.8 Å². The first kappa shape index (κ1) is 8.13. The molecule has 0 saturated carbocycles. The van der Waals surface area contributed by atoms with Crippen LogP contribution in [-0.4, -0.2) is 6.10 Å². The lowest BCUT2D eigenvalue weighted by atomic mass is 10.1. The van der Waals surface area contributed by atoms with Gasteiger partial charge in [0.25, 0.3) is 0 Å². The number of ether oxygens (including phenoxy) is 1. The van der Waals surface area contributed by atoms with E-state index in [0.717, 1.165) is 30.6 Å². The van der Waals surface area contributed by atoms with Crippen molar-refractivity contribution in [3.63, 3.8) is 0 Å². The van der Waals surface area contributed by atoms with Crippen LogP contribution in [0.2, 0.25) is 0 Å². The van der Waals surface area contributed by atoms with Crippen molar-refractivity contribution >= 4 is 0 Å². The molecule has 1 aliphatic heterocycles. The van der Waals surface area contributed by atoms with Crippen molar-refractivity contribution in [1.29, 1.82) is 5.26 Å². The van der Waals surface area contributed by atoms with Gasteiger partial charge in [-0.05, 0) is 6.42 Å². The summed E-state index contributed by atoms with van der Waals surface area (Å²) in [5.74, 6) is 0.902. The molecule has 1 heterocycles. The Morgan fingerprint density at radius 1 is 1.64 bits per heavy atom. The van der Waals surface area contributed by atoms with E-state index in [1.54, 1.807) is 0 Å². The van der Waals surface area contributed by atoms with E-state index in [9.17, 15) is 0 Å². The molecule has 0 fully saturated rings. The van der Waals surface area contributed by atoms with Crippen LogP contribution in [0, 0.1) is 11.3 Å². The average molecular weight is 151 g/mol. The van der Waals surface area contributed by atoms with Gasteiger partial charge in [0.15, 0.2) is 0 Å². The summed E-state index contributed by atoms with van der Waals surface area (Å²) in [5.41, 5.74) is 0.847. The number of hydrogen-bond acceptors (Lipinski definition) is 2. The summed E-state index contributed by atoms with van der Waals surface area (Å²) in [4.78, 5) is 0. The van der Waals surface area contributed by atoms with Gasteiger partial charge in [-0.25, -0.2) is 0 Å². The molecular weight excluding hydrogens is 138 g/mol. The van der Waals surface area contributed by atoms with Gasteiger partial charge in [0.2, 0.25) is 0 Å². The molecule has 0 aliphatic carbocycles. The van der Waals surface area contributed by atoms with Crippen LogP contribution in [-0.2, 0) is 4.74 Å². The Morgan fingerprint density at radius 2 is 2.36 bits per heavy atom. The SMILES string of the molecule is CCC1=C(C#N)CC(CC)O1. The normalized spacial score (nSPS) is 23.2. The molecule has 0 bridgehead atoms. The van der Waals surface area contributed by atoms with Gasteiger partial charge in [-0.3, -0.25) is 0 Å². The molecule has 60 valence electrons. The summed E-state index contributed by atoms with van der Waals surface area (Å²) in [6, 6.07) is 2.18. The number of nitriles is 1. The van der Waals surface area contributed by atoms with Crippen LogP contribution in [0.1, 0.15) is 33.1 Å². The molecule has 11 heavy (non-hydrogen) atoms. The smallest absolute Gasteiger partial charge is 0.110 e. The summed E-state index contributed by atoms with van der Waals surface area (Å²) in [7, 11) is 0. The standard InChI is InChI=1S/C9H13NO/c1-3-8-5-7(6-10)9(4-2)11-8/h8H,3-5H2,1-2H3. The van der Waals surface area contributed by atoms with Gasteiger partial charge in [-0.15, -0.1) is 0 Å². The molecule has 0 radical (unpaired) electrons. The van der Waals surface area contributed by atoms with E-state index in [-0.39, 0.29) is 6.10 Å². The van der Waals surface area contributed by atoms with Crippen LogP contribution in [0.5, 0.6) is 0 Å². The number of nitrogens with zero attached hydrogens (tertiary/aromatic N) is 1. The Bertz CT molecular complexity index is 212. The zero-order valence-electron chi connectivity index (χ0n) is 7.05. The zero-order valence-corrected chi connectivity index (χ0v) is 7.05. The van der Waals surface area contributed by atoms with E-state index >= 15 is 0 Å². The third-order valence-corrected chi connectivity index (χ3v) is 1.99. The lowest BCUT2D eigenvalue weighted by Crippen LogP contribution is -2.02. The number of allylic oxidation sites excluding steroid dienone is 1. The minimum atomic E-state index is 0.264. The van der Waals surface area contributed by atoms with Crippen molar-refractivity contribution in [3.8, 4) is 6.07 Å². The maximum absolute atomic E-state index is 8.69. The van der Waals surface area contributed by atoms with E-state index in [4.69, 9.17) is 10.00 Å². The van der Waals surface area contributed by atoms with Crippen LogP contribution in [0.3, 0.4) is 0 Å². The minimum absolute atomic E-state index is 0.264. The predicted octanol–water partition coefficient (Wildman–Crippen LogP) is 2.37. The van der Waals surface area contributed by atoms with Gasteiger partial charge in [0.05, 0.1) is 11.6 Å². The highest BCUT2D eigenvalue weighted by atomic mass is 16.5. The maximum Gasteiger partial charge on any atom is 0.110 e. The first-order valence-electron chi connectivity index (χ1n) is 4.10. The molecule has 0 aromatic heterocycles. The second-order valence-electron chi connectivity index (χ2n) is 2.72. The van der Waals surface area contributed by atoms with Crippen molar-refractivity contribution in [2.24, 2.45) is 0 Å². The third-order valence-electron chi connectivity index (χ3n) is 1.99. The Hall–Kier alpha value is -0.970. The fourth-order valence-corrected chi connectivity index (χ4v) is 1.29. The summed E-state index contributed by atoms with van der Waals surface area (Å²) in [6.45, 7) is 4.10. The molecule has 2 nitrogen and oxygen atoms in total. The van der Waals surface area contributed by atoms with Gasteiger partial charge in [0, 0.05) is 12.8 Å². The zero-order chi connectivity index (χ0) is 8.27. The molecule has 1 rings (SSSR count). The van der Waals surface area contributed by atoms with E-state index in [1.807, 2.05) is 6.92 Å². The van der Waals surface area contributed by atoms with Gasteiger partial charge < -0.3 is 4.74 Å². The fraction of sp³-hybridized carbons (Fsp3) is 0.667. The van der Waals surface area contributed by atoms with Crippen molar-refractivity contribution in [2.45, 2.75) is 39.2 Å². The summed E-state index contributed by atoms with van der Waals surface area (Å²) < 4.78 is 5.52. The molecule has 1 unspecified atom stereocenters. The highest BCUT2D eigenvalue weighted by molar-refractivity contribution is 5.28. The topological polar surface area (TPSA) is 33.0 Å². The quantitative estimate of drug-likeness (QED) is 0.607. The minimum Gasteiger partial charge on any atom is -0.493 e. The Kier molecular flexibility index (Phi) is 2.53. The van der Waals surface area contributed by atoms with E-state index in [0.29, 0.717) is 0 Å². The first-order valence-corrected chi connectivity index (χ1v) is 4.10. The Labute approximate surface area is 67.5 Å². The second kappa shape index (κ2) is 3.43. The van der Waals surface area contributed by atoms with Crippen LogP contribution < -0.4 is 0 Å². The highest BCUT2D eigenvalue weighted by Gasteiger charge is 2.22. The van der Waals surface area contributed by atoms with Gasteiger partial charge >= 0.3 is 0 Å². The third kappa shape index (κ3) is 1.54. The second-order valence-corrected chi connectivity index (χ2v) is 2.72. The monoisotopic (exact) mass is 151 g/mol. The van der Waals surface area contributed by atoms with Crippen molar-refractivity contribution in [2.75, 3.05) is 0 Å². The van der Waals surface area contributed by atoms with Crippen LogP contribution in [0.15, 0.2) is 11.3 Å². The van der Waals surface area contributed by atoms with Crippen LogP contribution in [0.25, 0.3) is 0 Å². The number of rotatable bonds is 2. The van der Waals surface area contributed by atoms with Crippen molar-refractivity contribution < 1.29 is 4.74 Å². The molecule has 1 atom stereocenters. The molecule has 0 N–H and O–H groups in total. The maximum atomic E-state index is 8.69. The lowest BCUT2D eigenvalue weighted by molar-refractivity contribution is 0.135. The molecular formula is C9H13NO. The predicted molar refractivity (Wildman–Crippen MR) is 42.7 cm³/mol. The first-order chi connectivity index (χ1) is 5.31. The molecule has 0 spiro atoms. The molecule has 0 amide bonds.